The van der Waals surface area contributed by atoms with Crippen molar-refractivity contribution in [2.24, 2.45) is 0 Å². The summed E-state index contributed by atoms with van der Waals surface area (Å²) in [4.78, 5) is 14.9. The molecule has 1 heterocycles. The molecule has 0 bridgehead atoms. The Morgan fingerprint density at radius 1 is 1.25 bits per heavy atom. The maximum absolute atomic E-state index is 13.4. The summed E-state index contributed by atoms with van der Waals surface area (Å²) in [7, 11) is 0. The highest BCUT2D eigenvalue weighted by Gasteiger charge is 2.16. The lowest BCUT2D eigenvalue weighted by Gasteiger charge is -2.09. The van der Waals surface area contributed by atoms with E-state index in [0.717, 1.165) is 18.1 Å². The van der Waals surface area contributed by atoms with E-state index in [4.69, 9.17) is 9.84 Å². The molecule has 0 saturated heterocycles. The third-order valence-corrected chi connectivity index (χ3v) is 2.81. The number of carboxylic acid groups (broad SMARTS) is 1. The van der Waals surface area contributed by atoms with Crippen LogP contribution in [0.15, 0.2) is 42.7 Å². The number of aromatic nitrogens is 1. The van der Waals surface area contributed by atoms with Gasteiger partial charge >= 0.3 is 5.97 Å². The number of carbonyl (C=O) groups is 1. The molecule has 104 valence electrons. The maximum atomic E-state index is 13.4. The minimum absolute atomic E-state index is 0.0622. The van der Waals surface area contributed by atoms with Crippen molar-refractivity contribution in [2.45, 2.75) is 12.8 Å². The fourth-order valence-corrected chi connectivity index (χ4v) is 1.84. The molecule has 0 radical (unpaired) electrons. The number of hydrogen-bond donors (Lipinski definition) is 1. The van der Waals surface area contributed by atoms with E-state index in [1.54, 1.807) is 12.4 Å². The first kappa shape index (κ1) is 14.0. The van der Waals surface area contributed by atoms with Crippen LogP contribution in [0.5, 0.6) is 5.75 Å². The van der Waals surface area contributed by atoms with Crippen LogP contribution in [-0.4, -0.2) is 22.7 Å². The largest absolute Gasteiger partial charge is 0.493 e. The number of carboxylic acids is 1. The lowest BCUT2D eigenvalue weighted by molar-refractivity contribution is 0.0687. The standard InChI is InChI=1S/C15H14FNO3/c16-12-4-1-5-13(14(12)15(18)19)20-10-2-3-11-6-8-17-9-7-11/h1,4-9H,2-3,10H2,(H,18,19). The van der Waals surface area contributed by atoms with Crippen molar-refractivity contribution in [3.05, 3.63) is 59.7 Å². The van der Waals surface area contributed by atoms with Gasteiger partial charge in [0.15, 0.2) is 0 Å². The Balaban J connectivity index is 1.92. The van der Waals surface area contributed by atoms with Crippen molar-refractivity contribution in [3.63, 3.8) is 0 Å². The highest BCUT2D eigenvalue weighted by molar-refractivity contribution is 5.91. The second-order valence-corrected chi connectivity index (χ2v) is 4.23. The van der Waals surface area contributed by atoms with E-state index in [2.05, 4.69) is 4.98 Å². The second-order valence-electron chi connectivity index (χ2n) is 4.23. The fraction of sp³-hybridized carbons (Fsp3) is 0.200. The van der Waals surface area contributed by atoms with Gasteiger partial charge in [0, 0.05) is 12.4 Å². The Labute approximate surface area is 115 Å². The smallest absolute Gasteiger partial charge is 0.342 e. The van der Waals surface area contributed by atoms with Crippen molar-refractivity contribution in [3.8, 4) is 5.75 Å². The zero-order chi connectivity index (χ0) is 14.4. The molecule has 0 aliphatic rings. The van der Waals surface area contributed by atoms with Gasteiger partial charge in [0.05, 0.1) is 6.61 Å². The molecular formula is C15H14FNO3. The van der Waals surface area contributed by atoms with E-state index in [1.807, 2.05) is 12.1 Å². The topological polar surface area (TPSA) is 59.4 Å². The van der Waals surface area contributed by atoms with Crippen LogP contribution in [0.2, 0.25) is 0 Å². The summed E-state index contributed by atoms with van der Waals surface area (Å²) in [6.45, 7) is 0.325. The molecule has 0 aliphatic carbocycles. The first-order valence-corrected chi connectivity index (χ1v) is 6.22. The summed E-state index contributed by atoms with van der Waals surface area (Å²) in [5.74, 6) is -2.05. The van der Waals surface area contributed by atoms with Crippen LogP contribution in [0.4, 0.5) is 4.39 Å². The van der Waals surface area contributed by atoms with Crippen LogP contribution in [-0.2, 0) is 6.42 Å². The van der Waals surface area contributed by atoms with Gasteiger partial charge in [-0.15, -0.1) is 0 Å². The average Bonchev–Trinajstić information content (AvgIpc) is 2.44. The molecule has 4 nitrogen and oxygen atoms in total. The van der Waals surface area contributed by atoms with Gasteiger partial charge < -0.3 is 9.84 Å². The summed E-state index contributed by atoms with van der Waals surface area (Å²) in [5.41, 5.74) is 0.706. The Morgan fingerprint density at radius 2 is 2.00 bits per heavy atom. The summed E-state index contributed by atoms with van der Waals surface area (Å²) < 4.78 is 18.8. The Morgan fingerprint density at radius 3 is 2.70 bits per heavy atom. The zero-order valence-corrected chi connectivity index (χ0v) is 10.8. The first-order chi connectivity index (χ1) is 9.68. The van der Waals surface area contributed by atoms with E-state index in [-0.39, 0.29) is 5.75 Å². The number of nitrogens with zero attached hydrogens (tertiary/aromatic N) is 1. The van der Waals surface area contributed by atoms with E-state index in [9.17, 15) is 9.18 Å². The van der Waals surface area contributed by atoms with Crippen molar-refractivity contribution < 1.29 is 19.0 Å². The molecule has 1 N–H and O–H groups in total. The van der Waals surface area contributed by atoms with Gasteiger partial charge in [0.25, 0.3) is 0 Å². The van der Waals surface area contributed by atoms with Gasteiger partial charge in [-0.1, -0.05) is 6.07 Å². The summed E-state index contributed by atoms with van der Waals surface area (Å²) in [6.07, 6.45) is 4.93. The van der Waals surface area contributed by atoms with Crippen LogP contribution >= 0.6 is 0 Å². The van der Waals surface area contributed by atoms with Gasteiger partial charge in [-0.05, 0) is 42.7 Å². The van der Waals surface area contributed by atoms with Gasteiger partial charge in [-0.25, -0.2) is 9.18 Å². The maximum Gasteiger partial charge on any atom is 0.342 e. The molecule has 0 unspecified atom stereocenters. The Kier molecular flexibility index (Phi) is 4.65. The summed E-state index contributed by atoms with van der Waals surface area (Å²) in [6, 6.07) is 7.81. The fourth-order valence-electron chi connectivity index (χ4n) is 1.84. The third-order valence-electron chi connectivity index (χ3n) is 2.81. The predicted molar refractivity (Wildman–Crippen MR) is 71.4 cm³/mol. The molecule has 0 amide bonds. The SMILES string of the molecule is O=C(O)c1c(F)cccc1OCCCc1ccncc1. The zero-order valence-electron chi connectivity index (χ0n) is 10.8. The van der Waals surface area contributed by atoms with Crippen molar-refractivity contribution in [2.75, 3.05) is 6.61 Å². The number of aromatic carboxylic acids is 1. The molecule has 5 heteroatoms. The molecule has 2 aromatic rings. The Hall–Kier alpha value is -2.43. The molecule has 1 aromatic heterocycles. The van der Waals surface area contributed by atoms with Crippen LogP contribution in [0.25, 0.3) is 0 Å². The van der Waals surface area contributed by atoms with Gasteiger partial charge in [0.1, 0.15) is 17.1 Å². The summed E-state index contributed by atoms with van der Waals surface area (Å²) >= 11 is 0. The third kappa shape index (κ3) is 3.54. The minimum Gasteiger partial charge on any atom is -0.493 e. The van der Waals surface area contributed by atoms with Crippen molar-refractivity contribution in [1.82, 2.24) is 4.98 Å². The van der Waals surface area contributed by atoms with Crippen LogP contribution in [0.1, 0.15) is 22.3 Å². The normalized spacial score (nSPS) is 10.2. The monoisotopic (exact) mass is 275 g/mol. The molecule has 20 heavy (non-hydrogen) atoms. The first-order valence-electron chi connectivity index (χ1n) is 6.22. The molecule has 0 aliphatic heterocycles. The molecule has 2 rings (SSSR count). The molecule has 0 spiro atoms. The minimum atomic E-state index is -1.33. The number of benzene rings is 1. The highest BCUT2D eigenvalue weighted by atomic mass is 19.1. The highest BCUT2D eigenvalue weighted by Crippen LogP contribution is 2.21. The van der Waals surface area contributed by atoms with E-state index in [0.29, 0.717) is 13.0 Å². The lowest BCUT2D eigenvalue weighted by atomic mass is 10.1. The van der Waals surface area contributed by atoms with E-state index >= 15 is 0 Å². The van der Waals surface area contributed by atoms with Gasteiger partial charge in [-0.3, -0.25) is 4.98 Å². The van der Waals surface area contributed by atoms with E-state index in [1.165, 1.54) is 12.1 Å². The van der Waals surface area contributed by atoms with Gasteiger partial charge in [0.2, 0.25) is 0 Å². The number of pyridine rings is 1. The average molecular weight is 275 g/mol. The second kappa shape index (κ2) is 6.65. The molecule has 0 saturated carbocycles. The molecular weight excluding hydrogens is 261 g/mol. The van der Waals surface area contributed by atoms with E-state index < -0.39 is 17.3 Å². The molecule has 0 atom stereocenters. The van der Waals surface area contributed by atoms with Crippen molar-refractivity contribution >= 4 is 5.97 Å². The molecule has 1 aromatic carbocycles. The van der Waals surface area contributed by atoms with Crippen molar-refractivity contribution in [1.29, 1.82) is 0 Å². The van der Waals surface area contributed by atoms with Gasteiger partial charge in [-0.2, -0.15) is 0 Å². The Bertz CT molecular complexity index is 587. The number of aryl methyl sites for hydroxylation is 1. The number of hydrogen-bond acceptors (Lipinski definition) is 3. The van der Waals surface area contributed by atoms with Crippen LogP contribution in [0, 0.1) is 5.82 Å². The quantitative estimate of drug-likeness (QED) is 0.823. The summed E-state index contributed by atoms with van der Waals surface area (Å²) in [5, 5.41) is 8.95. The molecule has 0 fully saturated rings. The number of ether oxygens (including phenoxy) is 1. The van der Waals surface area contributed by atoms with Crippen LogP contribution < -0.4 is 4.74 Å². The predicted octanol–water partition coefficient (Wildman–Crippen LogP) is 2.93. The lowest BCUT2D eigenvalue weighted by Crippen LogP contribution is -2.07. The number of rotatable bonds is 6. The van der Waals surface area contributed by atoms with Crippen LogP contribution in [0.3, 0.4) is 0 Å². The number of halogens is 1.